The second kappa shape index (κ2) is 8.07. The fraction of sp³-hybridized carbons (Fsp3) is 0. The first-order valence-electron chi connectivity index (χ1n) is 10.2. The van der Waals surface area contributed by atoms with Crippen LogP contribution in [0.3, 0.4) is 0 Å². The van der Waals surface area contributed by atoms with Crippen LogP contribution in [0.2, 0.25) is 0 Å². The van der Waals surface area contributed by atoms with Gasteiger partial charge in [0.05, 0.1) is 0 Å². The molecule has 170 valence electrons. The van der Waals surface area contributed by atoms with E-state index in [9.17, 15) is 17.6 Å². The molecule has 0 saturated carbocycles. The zero-order valence-corrected chi connectivity index (χ0v) is 18.3. The van der Waals surface area contributed by atoms with Crippen LogP contribution in [0.1, 0.15) is 0 Å². The summed E-state index contributed by atoms with van der Waals surface area (Å²) < 4.78 is 86.8. The molecule has 5 aromatic carbocycles. The molecule has 0 saturated heterocycles. The lowest BCUT2D eigenvalue weighted by molar-refractivity contribution is 0.450. The number of fused-ring (bicyclic) bond motifs is 3. The van der Waals surface area contributed by atoms with Crippen molar-refractivity contribution in [2.24, 2.45) is 0 Å². The number of hydrogen-bond donors (Lipinski definition) is 0. The molecule has 0 heterocycles. The lowest BCUT2D eigenvalue weighted by atomic mass is 10.0. The maximum atomic E-state index is 15.2. The van der Waals surface area contributed by atoms with Crippen LogP contribution in [0, 0.1) is 34.9 Å². The largest absolute Gasteiger partial charge is 0.204 e. The molecule has 5 aromatic rings. The molecular formula is C27H15F6P. The standard InChI is InChI=1S/C27H15F6P/c1-34(21-12-10-19(28)24(30)26(21)32,22-13-11-20(29)25(31)27(22)33)23-14-15-6-2-3-7-16(15)17-8-4-5-9-18(17)23/h2-14H,1H2. The van der Waals surface area contributed by atoms with E-state index in [1.807, 2.05) is 18.2 Å². The van der Waals surface area contributed by atoms with E-state index in [1.54, 1.807) is 36.4 Å². The molecule has 0 fully saturated rings. The molecule has 0 aliphatic rings. The highest BCUT2D eigenvalue weighted by molar-refractivity contribution is 7.93. The van der Waals surface area contributed by atoms with E-state index in [2.05, 4.69) is 6.30 Å². The van der Waals surface area contributed by atoms with Gasteiger partial charge < -0.3 is 0 Å². The van der Waals surface area contributed by atoms with E-state index in [4.69, 9.17) is 0 Å². The average Bonchev–Trinajstić information content (AvgIpc) is 2.85. The summed E-state index contributed by atoms with van der Waals surface area (Å²) in [6, 6.07) is 19.4. The fourth-order valence-corrected chi connectivity index (χ4v) is 7.63. The SMILES string of the molecule is C=P(c1ccc(F)c(F)c1F)(c1ccc(F)c(F)c1F)c1cc2ccccc2c2ccccc12. The maximum Gasteiger partial charge on any atom is 0.195 e. The Hall–Kier alpha value is -3.50. The summed E-state index contributed by atoms with van der Waals surface area (Å²) in [5.41, 5.74) is 0. The number of halogens is 6. The van der Waals surface area contributed by atoms with Gasteiger partial charge in [-0.3, -0.25) is 0 Å². The zero-order valence-electron chi connectivity index (χ0n) is 17.4. The van der Waals surface area contributed by atoms with Crippen molar-refractivity contribution >= 4 is 50.6 Å². The summed E-state index contributed by atoms with van der Waals surface area (Å²) in [5.74, 6) is -9.46. The van der Waals surface area contributed by atoms with Gasteiger partial charge >= 0.3 is 0 Å². The summed E-state index contributed by atoms with van der Waals surface area (Å²) in [6.45, 7) is -3.76. The van der Waals surface area contributed by atoms with Crippen molar-refractivity contribution in [3.05, 3.63) is 114 Å². The van der Waals surface area contributed by atoms with Gasteiger partial charge in [0, 0.05) is 10.6 Å². The summed E-state index contributed by atoms with van der Waals surface area (Å²) >= 11 is 0. The Labute approximate surface area is 191 Å². The van der Waals surface area contributed by atoms with Gasteiger partial charge in [-0.05, 0) is 64.1 Å². The van der Waals surface area contributed by atoms with Crippen LogP contribution in [-0.2, 0) is 0 Å². The molecule has 0 bridgehead atoms. The van der Waals surface area contributed by atoms with Crippen molar-refractivity contribution in [2.45, 2.75) is 0 Å². The fourth-order valence-electron chi connectivity index (χ4n) is 4.36. The molecule has 0 unspecified atom stereocenters. The second-order valence-electron chi connectivity index (χ2n) is 7.86. The van der Waals surface area contributed by atoms with Crippen molar-refractivity contribution in [3.8, 4) is 0 Å². The van der Waals surface area contributed by atoms with Crippen LogP contribution in [-0.4, -0.2) is 6.30 Å². The minimum Gasteiger partial charge on any atom is -0.204 e. The topological polar surface area (TPSA) is 0 Å². The molecule has 5 rings (SSSR count). The molecule has 0 aromatic heterocycles. The Kier molecular flexibility index (Phi) is 5.29. The maximum absolute atomic E-state index is 15.2. The predicted molar refractivity (Wildman–Crippen MR) is 127 cm³/mol. The van der Waals surface area contributed by atoms with Gasteiger partial charge in [-0.1, -0.05) is 54.8 Å². The predicted octanol–water partition coefficient (Wildman–Crippen LogP) is 6.55. The smallest absolute Gasteiger partial charge is 0.195 e. The van der Waals surface area contributed by atoms with E-state index < -0.39 is 52.4 Å². The van der Waals surface area contributed by atoms with Crippen molar-refractivity contribution < 1.29 is 26.3 Å². The molecule has 0 atom stereocenters. The van der Waals surface area contributed by atoms with E-state index in [0.29, 0.717) is 28.2 Å². The first-order valence-corrected chi connectivity index (χ1v) is 12.1. The normalized spacial score (nSPS) is 11.9. The van der Waals surface area contributed by atoms with Gasteiger partial charge in [0.15, 0.2) is 34.9 Å². The summed E-state index contributed by atoms with van der Waals surface area (Å²) in [4.78, 5) is 0. The Bertz CT molecular complexity index is 1600. The molecule has 7 heteroatoms. The van der Waals surface area contributed by atoms with Gasteiger partial charge in [0.1, 0.15) is 0 Å². The highest BCUT2D eigenvalue weighted by Crippen LogP contribution is 2.47. The van der Waals surface area contributed by atoms with E-state index in [1.165, 1.54) is 0 Å². The molecule has 0 aliphatic carbocycles. The quantitative estimate of drug-likeness (QED) is 0.118. The number of benzene rings is 5. The first kappa shape index (κ1) is 22.3. The van der Waals surface area contributed by atoms with Crippen molar-refractivity contribution in [1.82, 2.24) is 0 Å². The number of rotatable bonds is 3. The average molecular weight is 484 g/mol. The second-order valence-corrected chi connectivity index (χ2v) is 10.9. The lowest BCUT2D eigenvalue weighted by Crippen LogP contribution is -2.31. The van der Waals surface area contributed by atoms with Crippen LogP contribution < -0.4 is 15.9 Å². The van der Waals surface area contributed by atoms with Gasteiger partial charge in [0.25, 0.3) is 0 Å². The van der Waals surface area contributed by atoms with Gasteiger partial charge in [-0.15, -0.1) is 0 Å². The monoisotopic (exact) mass is 484 g/mol. The molecule has 0 N–H and O–H groups in total. The van der Waals surface area contributed by atoms with E-state index in [-0.39, 0.29) is 0 Å². The highest BCUT2D eigenvalue weighted by Gasteiger charge is 2.33. The third-order valence-electron chi connectivity index (χ3n) is 6.01. The van der Waals surface area contributed by atoms with Crippen LogP contribution in [0.15, 0.2) is 78.9 Å². The molecule has 0 spiro atoms. The minimum absolute atomic E-state index is 0.316. The van der Waals surface area contributed by atoms with Crippen LogP contribution in [0.4, 0.5) is 26.3 Å². The highest BCUT2D eigenvalue weighted by atomic mass is 31.2. The van der Waals surface area contributed by atoms with Crippen molar-refractivity contribution in [2.75, 3.05) is 0 Å². The molecule has 0 nitrogen and oxygen atoms in total. The minimum atomic E-state index is -3.76. The Morgan fingerprint density at radius 3 is 1.50 bits per heavy atom. The number of hydrogen-bond acceptors (Lipinski definition) is 0. The first-order chi connectivity index (χ1) is 16.2. The third kappa shape index (κ3) is 3.17. The zero-order chi connectivity index (χ0) is 24.2. The summed E-state index contributed by atoms with van der Waals surface area (Å²) in [6.07, 6.45) is 4.15. The summed E-state index contributed by atoms with van der Waals surface area (Å²) in [5, 5.41) is 2.32. The lowest BCUT2D eigenvalue weighted by Gasteiger charge is -2.29. The van der Waals surface area contributed by atoms with Gasteiger partial charge in [0.2, 0.25) is 0 Å². The van der Waals surface area contributed by atoms with Gasteiger partial charge in [-0.2, -0.15) is 0 Å². The van der Waals surface area contributed by atoms with E-state index in [0.717, 1.165) is 22.9 Å². The Morgan fingerprint density at radius 1 is 0.471 bits per heavy atom. The van der Waals surface area contributed by atoms with Crippen LogP contribution in [0.25, 0.3) is 21.5 Å². The third-order valence-corrected chi connectivity index (χ3v) is 9.54. The van der Waals surface area contributed by atoms with E-state index >= 15 is 8.78 Å². The van der Waals surface area contributed by atoms with Crippen LogP contribution in [0.5, 0.6) is 0 Å². The van der Waals surface area contributed by atoms with Crippen molar-refractivity contribution in [1.29, 1.82) is 0 Å². The van der Waals surface area contributed by atoms with Crippen molar-refractivity contribution in [3.63, 3.8) is 0 Å². The molecule has 0 amide bonds. The molecule has 34 heavy (non-hydrogen) atoms. The Balaban J connectivity index is 2.01. The van der Waals surface area contributed by atoms with Gasteiger partial charge in [-0.25, -0.2) is 26.3 Å². The Morgan fingerprint density at radius 2 is 0.941 bits per heavy atom. The summed E-state index contributed by atoms with van der Waals surface area (Å²) in [7, 11) is 0. The van der Waals surface area contributed by atoms with Crippen LogP contribution >= 0.6 is 6.89 Å². The molecule has 0 aliphatic heterocycles. The molecule has 0 radical (unpaired) electrons. The molecular weight excluding hydrogens is 469 g/mol.